The number of hydrogen-bond donors (Lipinski definition) is 0. The van der Waals surface area contributed by atoms with Gasteiger partial charge in [0.1, 0.15) is 0 Å². The highest BCUT2D eigenvalue weighted by Crippen LogP contribution is 2.16. The molecule has 20 heavy (non-hydrogen) atoms. The van der Waals surface area contributed by atoms with Crippen LogP contribution in [0.3, 0.4) is 0 Å². The molecule has 106 valence electrons. The highest BCUT2D eigenvalue weighted by Gasteiger charge is 2.16. The van der Waals surface area contributed by atoms with Gasteiger partial charge in [-0.05, 0) is 38.1 Å². The molecular weight excluding hydrogens is 256 g/mol. The van der Waals surface area contributed by atoms with Crippen molar-refractivity contribution < 1.29 is 9.72 Å². The number of carbonyl (C=O) groups excluding carboxylic acids is 1. The molecule has 0 saturated carbocycles. The van der Waals surface area contributed by atoms with Gasteiger partial charge in [0, 0.05) is 29.8 Å². The number of hydrogen-bond acceptors (Lipinski definition) is 4. The van der Waals surface area contributed by atoms with Crippen molar-refractivity contribution in [3.63, 3.8) is 0 Å². The fourth-order valence-corrected chi connectivity index (χ4v) is 2.40. The normalized spacial score (nSPS) is 15.8. The van der Waals surface area contributed by atoms with Crippen LogP contribution < -0.4 is 0 Å². The molecule has 5 nitrogen and oxygen atoms in total. The first-order chi connectivity index (χ1) is 9.58. The number of nitro benzene ring substituents is 1. The SMILES string of the molecule is C=C(CN1CCCCC1)C(=O)c1ccc([N+](=O)[O-])cc1. The van der Waals surface area contributed by atoms with Crippen LogP contribution in [0.15, 0.2) is 36.4 Å². The summed E-state index contributed by atoms with van der Waals surface area (Å²) in [5, 5.41) is 10.6. The van der Waals surface area contributed by atoms with Crippen LogP contribution in [0.1, 0.15) is 29.6 Å². The van der Waals surface area contributed by atoms with Gasteiger partial charge in [0.2, 0.25) is 0 Å². The van der Waals surface area contributed by atoms with E-state index in [9.17, 15) is 14.9 Å². The highest BCUT2D eigenvalue weighted by atomic mass is 16.6. The third-order valence-electron chi connectivity index (χ3n) is 3.52. The van der Waals surface area contributed by atoms with Crippen LogP contribution >= 0.6 is 0 Å². The first-order valence-electron chi connectivity index (χ1n) is 6.77. The number of nitrogens with zero attached hydrogens (tertiary/aromatic N) is 2. The van der Waals surface area contributed by atoms with Gasteiger partial charge in [-0.1, -0.05) is 13.0 Å². The average Bonchev–Trinajstić information content (AvgIpc) is 2.47. The summed E-state index contributed by atoms with van der Waals surface area (Å²) in [6.07, 6.45) is 3.58. The van der Waals surface area contributed by atoms with E-state index in [1.165, 1.54) is 43.5 Å². The third kappa shape index (κ3) is 3.51. The van der Waals surface area contributed by atoms with Crippen LogP contribution in [0, 0.1) is 10.1 Å². The maximum absolute atomic E-state index is 12.2. The Balaban J connectivity index is 1.98. The van der Waals surface area contributed by atoms with Gasteiger partial charge in [-0.2, -0.15) is 0 Å². The molecule has 0 unspecified atom stereocenters. The molecular formula is C15H18N2O3. The van der Waals surface area contributed by atoms with Crippen LogP contribution in [0.2, 0.25) is 0 Å². The lowest BCUT2D eigenvalue weighted by atomic mass is 10.0. The molecule has 1 aliphatic heterocycles. The number of nitro groups is 1. The lowest BCUT2D eigenvalue weighted by Crippen LogP contribution is -2.32. The summed E-state index contributed by atoms with van der Waals surface area (Å²) in [4.78, 5) is 24.5. The smallest absolute Gasteiger partial charge is 0.269 e. The zero-order chi connectivity index (χ0) is 14.5. The molecule has 0 radical (unpaired) electrons. The number of benzene rings is 1. The number of carbonyl (C=O) groups is 1. The molecule has 0 aromatic heterocycles. The van der Waals surface area contributed by atoms with Crippen molar-refractivity contribution >= 4 is 11.5 Å². The third-order valence-corrected chi connectivity index (χ3v) is 3.52. The second-order valence-corrected chi connectivity index (χ2v) is 5.07. The molecule has 5 heteroatoms. The van der Waals surface area contributed by atoms with Crippen molar-refractivity contribution in [2.24, 2.45) is 0 Å². The quantitative estimate of drug-likeness (QED) is 0.358. The number of ketones is 1. The minimum absolute atomic E-state index is 0.0109. The van der Waals surface area contributed by atoms with E-state index in [4.69, 9.17) is 0 Å². The standard InChI is InChI=1S/C15H18N2O3/c1-12(11-16-9-3-2-4-10-16)15(18)13-5-7-14(8-6-13)17(19)20/h5-8H,1-4,9-11H2. The van der Waals surface area contributed by atoms with E-state index >= 15 is 0 Å². The molecule has 1 fully saturated rings. The second-order valence-electron chi connectivity index (χ2n) is 5.07. The van der Waals surface area contributed by atoms with Crippen molar-refractivity contribution in [3.05, 3.63) is 52.1 Å². The Labute approximate surface area is 118 Å². The molecule has 0 atom stereocenters. The largest absolute Gasteiger partial charge is 0.299 e. The zero-order valence-electron chi connectivity index (χ0n) is 11.4. The van der Waals surface area contributed by atoms with Crippen LogP contribution in [0.5, 0.6) is 0 Å². The van der Waals surface area contributed by atoms with E-state index in [-0.39, 0.29) is 11.5 Å². The number of likely N-dealkylation sites (tertiary alicyclic amines) is 1. The molecule has 1 saturated heterocycles. The Hall–Kier alpha value is -2.01. The Morgan fingerprint density at radius 3 is 2.35 bits per heavy atom. The predicted octanol–water partition coefficient (Wildman–Crippen LogP) is 2.82. The van der Waals surface area contributed by atoms with E-state index < -0.39 is 4.92 Å². The Morgan fingerprint density at radius 1 is 1.20 bits per heavy atom. The summed E-state index contributed by atoms with van der Waals surface area (Å²) < 4.78 is 0. The summed E-state index contributed by atoms with van der Waals surface area (Å²) in [6, 6.07) is 5.67. The maximum Gasteiger partial charge on any atom is 0.269 e. The molecule has 0 aliphatic carbocycles. The summed E-state index contributed by atoms with van der Waals surface area (Å²) in [5.41, 5.74) is 0.988. The van der Waals surface area contributed by atoms with Gasteiger partial charge in [0.25, 0.3) is 5.69 Å². The van der Waals surface area contributed by atoms with Crippen molar-refractivity contribution in [1.29, 1.82) is 0 Å². The van der Waals surface area contributed by atoms with E-state index in [0.29, 0.717) is 17.7 Å². The molecule has 1 heterocycles. The van der Waals surface area contributed by atoms with Gasteiger partial charge in [-0.25, -0.2) is 0 Å². The monoisotopic (exact) mass is 274 g/mol. The van der Waals surface area contributed by atoms with E-state index in [2.05, 4.69) is 11.5 Å². The number of rotatable bonds is 5. The van der Waals surface area contributed by atoms with E-state index in [1.807, 2.05) is 0 Å². The molecule has 0 bridgehead atoms. The average molecular weight is 274 g/mol. The van der Waals surface area contributed by atoms with Crippen LogP contribution in [-0.4, -0.2) is 35.2 Å². The van der Waals surface area contributed by atoms with Gasteiger partial charge >= 0.3 is 0 Å². The molecule has 0 N–H and O–H groups in total. The lowest BCUT2D eigenvalue weighted by Gasteiger charge is -2.26. The van der Waals surface area contributed by atoms with Gasteiger partial charge in [0.05, 0.1) is 4.92 Å². The molecule has 0 amide bonds. The maximum atomic E-state index is 12.2. The Kier molecular flexibility index (Phi) is 4.63. The topological polar surface area (TPSA) is 63.5 Å². The lowest BCUT2D eigenvalue weighted by molar-refractivity contribution is -0.384. The molecule has 1 aromatic carbocycles. The van der Waals surface area contributed by atoms with Crippen molar-refractivity contribution in [2.45, 2.75) is 19.3 Å². The molecule has 2 rings (SSSR count). The minimum atomic E-state index is -0.475. The summed E-state index contributed by atoms with van der Waals surface area (Å²) in [7, 11) is 0. The minimum Gasteiger partial charge on any atom is -0.299 e. The second kappa shape index (κ2) is 6.43. The molecule has 1 aromatic rings. The first-order valence-corrected chi connectivity index (χ1v) is 6.77. The fourth-order valence-electron chi connectivity index (χ4n) is 2.40. The Morgan fingerprint density at radius 2 is 1.80 bits per heavy atom. The van der Waals surface area contributed by atoms with Crippen molar-refractivity contribution in [1.82, 2.24) is 4.90 Å². The zero-order valence-corrected chi connectivity index (χ0v) is 11.4. The summed E-state index contributed by atoms with van der Waals surface area (Å²) >= 11 is 0. The van der Waals surface area contributed by atoms with Crippen LogP contribution in [0.4, 0.5) is 5.69 Å². The van der Waals surface area contributed by atoms with E-state index in [0.717, 1.165) is 13.1 Å². The molecule has 0 spiro atoms. The van der Waals surface area contributed by atoms with Crippen molar-refractivity contribution in [2.75, 3.05) is 19.6 Å². The van der Waals surface area contributed by atoms with Crippen LogP contribution in [-0.2, 0) is 0 Å². The predicted molar refractivity (Wildman–Crippen MR) is 76.9 cm³/mol. The van der Waals surface area contributed by atoms with E-state index in [1.54, 1.807) is 0 Å². The van der Waals surface area contributed by atoms with Crippen molar-refractivity contribution in [3.8, 4) is 0 Å². The number of non-ortho nitro benzene ring substituents is 1. The Bertz CT molecular complexity index is 516. The van der Waals surface area contributed by atoms with Gasteiger partial charge < -0.3 is 0 Å². The highest BCUT2D eigenvalue weighted by molar-refractivity contribution is 6.08. The van der Waals surface area contributed by atoms with Gasteiger partial charge in [0.15, 0.2) is 5.78 Å². The summed E-state index contributed by atoms with van der Waals surface area (Å²) in [6.45, 7) is 6.45. The number of Topliss-reactive ketones (excluding diaryl/α,β-unsaturated/α-hetero) is 1. The van der Waals surface area contributed by atoms with Gasteiger partial charge in [-0.15, -0.1) is 0 Å². The van der Waals surface area contributed by atoms with Crippen LogP contribution in [0.25, 0.3) is 0 Å². The fraction of sp³-hybridized carbons (Fsp3) is 0.400. The molecule has 1 aliphatic rings. The van der Waals surface area contributed by atoms with Gasteiger partial charge in [-0.3, -0.25) is 19.8 Å². The first kappa shape index (κ1) is 14.4. The number of piperidine rings is 1. The summed E-state index contributed by atoms with van der Waals surface area (Å²) in [5.74, 6) is -0.134.